The molecular weight excluding hydrogens is 320 g/mol. The standard InChI is InChI=1S/C18H20N4O3/c1-25-17(24)13-5-7-14(8-6-13)20-16(23)15-9-10-19-18(21-15)22-11-3-2-4-12-22/h5-10H,2-4,11-12H2,1H3,(H,20,23). The molecule has 3 rings (SSSR count). The Labute approximate surface area is 146 Å². The molecule has 0 atom stereocenters. The van der Waals surface area contributed by atoms with E-state index < -0.39 is 5.97 Å². The molecule has 0 saturated carbocycles. The molecule has 1 aromatic carbocycles. The zero-order valence-electron chi connectivity index (χ0n) is 14.1. The van der Waals surface area contributed by atoms with Gasteiger partial charge in [0.2, 0.25) is 5.95 Å². The number of aromatic nitrogens is 2. The molecule has 25 heavy (non-hydrogen) atoms. The second-order valence-corrected chi connectivity index (χ2v) is 5.81. The molecule has 0 bridgehead atoms. The van der Waals surface area contributed by atoms with Gasteiger partial charge in [-0.2, -0.15) is 0 Å². The van der Waals surface area contributed by atoms with Crippen LogP contribution in [0.15, 0.2) is 36.5 Å². The Morgan fingerprint density at radius 3 is 2.48 bits per heavy atom. The number of piperidine rings is 1. The first-order valence-corrected chi connectivity index (χ1v) is 8.25. The number of carbonyl (C=O) groups excluding carboxylic acids is 2. The van der Waals surface area contributed by atoms with E-state index in [2.05, 4.69) is 24.9 Å². The SMILES string of the molecule is COC(=O)c1ccc(NC(=O)c2ccnc(N3CCCCC3)n2)cc1. The third-order valence-electron chi connectivity index (χ3n) is 4.08. The number of esters is 1. The van der Waals surface area contributed by atoms with Crippen molar-refractivity contribution < 1.29 is 14.3 Å². The highest BCUT2D eigenvalue weighted by molar-refractivity contribution is 6.03. The monoisotopic (exact) mass is 340 g/mol. The van der Waals surface area contributed by atoms with Crippen molar-refractivity contribution in [2.45, 2.75) is 19.3 Å². The highest BCUT2D eigenvalue weighted by atomic mass is 16.5. The molecule has 0 aliphatic carbocycles. The molecule has 130 valence electrons. The molecule has 2 aromatic rings. The van der Waals surface area contributed by atoms with E-state index in [1.54, 1.807) is 36.5 Å². The van der Waals surface area contributed by atoms with E-state index in [4.69, 9.17) is 0 Å². The van der Waals surface area contributed by atoms with Gasteiger partial charge in [-0.15, -0.1) is 0 Å². The molecule has 1 aromatic heterocycles. The van der Waals surface area contributed by atoms with Crippen molar-refractivity contribution in [2.24, 2.45) is 0 Å². The third-order valence-corrected chi connectivity index (χ3v) is 4.08. The summed E-state index contributed by atoms with van der Waals surface area (Å²) in [5.41, 5.74) is 1.32. The lowest BCUT2D eigenvalue weighted by Crippen LogP contribution is -2.31. The maximum Gasteiger partial charge on any atom is 0.337 e. The number of nitrogens with one attached hydrogen (secondary N) is 1. The molecule has 1 fully saturated rings. The summed E-state index contributed by atoms with van der Waals surface area (Å²) in [5.74, 6) is -0.139. The first-order valence-electron chi connectivity index (χ1n) is 8.25. The summed E-state index contributed by atoms with van der Waals surface area (Å²) in [4.78, 5) is 34.6. The number of methoxy groups -OCH3 is 1. The van der Waals surface area contributed by atoms with Gasteiger partial charge in [-0.1, -0.05) is 0 Å². The molecule has 1 amide bonds. The predicted octanol–water partition coefficient (Wildman–Crippen LogP) is 2.51. The highest BCUT2D eigenvalue weighted by Gasteiger charge is 2.16. The summed E-state index contributed by atoms with van der Waals surface area (Å²) >= 11 is 0. The van der Waals surface area contributed by atoms with Crippen LogP contribution in [0.25, 0.3) is 0 Å². The maximum atomic E-state index is 12.4. The van der Waals surface area contributed by atoms with Gasteiger partial charge in [0.05, 0.1) is 12.7 Å². The molecule has 1 saturated heterocycles. The number of nitrogens with zero attached hydrogens (tertiary/aromatic N) is 3. The Hall–Kier alpha value is -2.96. The van der Waals surface area contributed by atoms with E-state index >= 15 is 0 Å². The molecule has 2 heterocycles. The van der Waals surface area contributed by atoms with Crippen LogP contribution in [0.5, 0.6) is 0 Å². The van der Waals surface area contributed by atoms with Crippen LogP contribution in [0.1, 0.15) is 40.1 Å². The van der Waals surface area contributed by atoms with Crippen molar-refractivity contribution in [1.82, 2.24) is 9.97 Å². The number of carbonyl (C=O) groups is 2. The summed E-state index contributed by atoms with van der Waals surface area (Å²) in [5, 5.41) is 2.77. The van der Waals surface area contributed by atoms with Gasteiger partial charge < -0.3 is 15.0 Å². The summed E-state index contributed by atoms with van der Waals surface area (Å²) in [6.45, 7) is 1.83. The smallest absolute Gasteiger partial charge is 0.337 e. The van der Waals surface area contributed by atoms with Crippen LogP contribution >= 0.6 is 0 Å². The number of benzene rings is 1. The average molecular weight is 340 g/mol. The highest BCUT2D eigenvalue weighted by Crippen LogP contribution is 2.16. The molecule has 0 spiro atoms. The Bertz CT molecular complexity index is 755. The fourth-order valence-corrected chi connectivity index (χ4v) is 2.72. The minimum atomic E-state index is -0.417. The number of rotatable bonds is 4. The third kappa shape index (κ3) is 4.12. The fourth-order valence-electron chi connectivity index (χ4n) is 2.72. The van der Waals surface area contributed by atoms with E-state index in [0.29, 0.717) is 22.9 Å². The van der Waals surface area contributed by atoms with E-state index in [9.17, 15) is 9.59 Å². The molecule has 7 nitrogen and oxygen atoms in total. The van der Waals surface area contributed by atoms with Crippen LogP contribution in [0, 0.1) is 0 Å². The quantitative estimate of drug-likeness (QED) is 0.861. The summed E-state index contributed by atoms with van der Waals surface area (Å²) in [7, 11) is 1.33. The lowest BCUT2D eigenvalue weighted by atomic mass is 10.1. The van der Waals surface area contributed by atoms with E-state index in [1.807, 2.05) is 0 Å². The fraction of sp³-hybridized carbons (Fsp3) is 0.333. The molecule has 0 radical (unpaired) electrons. The van der Waals surface area contributed by atoms with Gasteiger partial charge in [-0.25, -0.2) is 14.8 Å². The second-order valence-electron chi connectivity index (χ2n) is 5.81. The van der Waals surface area contributed by atoms with Crippen LogP contribution in [0.4, 0.5) is 11.6 Å². The number of anilines is 2. The van der Waals surface area contributed by atoms with E-state index in [-0.39, 0.29) is 5.91 Å². The minimum Gasteiger partial charge on any atom is -0.465 e. The molecule has 1 aliphatic heterocycles. The normalized spacial score (nSPS) is 14.0. The van der Waals surface area contributed by atoms with Crippen molar-refractivity contribution in [3.8, 4) is 0 Å². The zero-order valence-corrected chi connectivity index (χ0v) is 14.1. The Balaban J connectivity index is 1.69. The van der Waals surface area contributed by atoms with Crippen molar-refractivity contribution in [3.05, 3.63) is 47.8 Å². The number of hydrogen-bond acceptors (Lipinski definition) is 6. The zero-order chi connectivity index (χ0) is 17.6. The molecule has 1 aliphatic rings. The number of hydrogen-bond donors (Lipinski definition) is 1. The van der Waals surface area contributed by atoms with E-state index in [1.165, 1.54) is 13.5 Å². The maximum absolute atomic E-state index is 12.4. The van der Waals surface area contributed by atoms with Gasteiger partial charge in [0, 0.05) is 25.0 Å². The van der Waals surface area contributed by atoms with Crippen LogP contribution in [-0.2, 0) is 4.74 Å². The Morgan fingerprint density at radius 2 is 1.80 bits per heavy atom. The Morgan fingerprint density at radius 1 is 1.08 bits per heavy atom. The van der Waals surface area contributed by atoms with Crippen LogP contribution in [-0.4, -0.2) is 42.0 Å². The minimum absolute atomic E-state index is 0.313. The number of amides is 1. The predicted molar refractivity (Wildman–Crippen MR) is 93.8 cm³/mol. The van der Waals surface area contributed by atoms with Crippen LogP contribution < -0.4 is 10.2 Å². The summed E-state index contributed by atoms with van der Waals surface area (Å²) in [6, 6.07) is 8.08. The van der Waals surface area contributed by atoms with Gasteiger partial charge in [0.15, 0.2) is 0 Å². The van der Waals surface area contributed by atoms with Crippen LogP contribution in [0.2, 0.25) is 0 Å². The van der Waals surface area contributed by atoms with Crippen molar-refractivity contribution in [2.75, 3.05) is 30.4 Å². The van der Waals surface area contributed by atoms with Crippen molar-refractivity contribution in [1.29, 1.82) is 0 Å². The molecule has 7 heteroatoms. The first-order chi connectivity index (χ1) is 12.2. The van der Waals surface area contributed by atoms with Gasteiger partial charge in [-0.05, 0) is 49.6 Å². The van der Waals surface area contributed by atoms with Crippen molar-refractivity contribution >= 4 is 23.5 Å². The summed E-state index contributed by atoms with van der Waals surface area (Å²) in [6.07, 6.45) is 5.06. The van der Waals surface area contributed by atoms with Crippen LogP contribution in [0.3, 0.4) is 0 Å². The van der Waals surface area contributed by atoms with Crippen molar-refractivity contribution in [3.63, 3.8) is 0 Å². The van der Waals surface area contributed by atoms with E-state index in [0.717, 1.165) is 25.9 Å². The second kappa shape index (κ2) is 7.74. The largest absolute Gasteiger partial charge is 0.465 e. The summed E-state index contributed by atoms with van der Waals surface area (Å²) < 4.78 is 4.65. The average Bonchev–Trinajstić information content (AvgIpc) is 2.68. The molecule has 1 N–H and O–H groups in total. The lowest BCUT2D eigenvalue weighted by molar-refractivity contribution is 0.0600. The topological polar surface area (TPSA) is 84.4 Å². The van der Waals surface area contributed by atoms with Gasteiger partial charge in [-0.3, -0.25) is 4.79 Å². The number of ether oxygens (including phenoxy) is 1. The van der Waals surface area contributed by atoms with Gasteiger partial charge in [0.25, 0.3) is 5.91 Å². The first kappa shape index (κ1) is 16.9. The van der Waals surface area contributed by atoms with Gasteiger partial charge in [0.1, 0.15) is 5.69 Å². The Kier molecular flexibility index (Phi) is 5.23. The lowest BCUT2D eigenvalue weighted by Gasteiger charge is -2.26. The molecular formula is C18H20N4O3. The molecule has 0 unspecified atom stereocenters. The van der Waals surface area contributed by atoms with Gasteiger partial charge >= 0.3 is 5.97 Å².